The van der Waals surface area contributed by atoms with Crippen LogP contribution in [0.25, 0.3) is 0 Å². The molecule has 29 heavy (non-hydrogen) atoms. The molecule has 0 spiro atoms. The number of ether oxygens (including phenoxy) is 1. The van der Waals surface area contributed by atoms with E-state index in [4.69, 9.17) is 4.74 Å². The Balaban J connectivity index is 2.39. The number of rotatable bonds is 10. The molecule has 1 fully saturated rings. The molecular weight excluding hydrogens is 390 g/mol. The number of sulfonamides is 1. The van der Waals surface area contributed by atoms with Crippen LogP contribution < -0.4 is 10.2 Å². The van der Waals surface area contributed by atoms with E-state index in [1.807, 2.05) is 13.8 Å². The SMILES string of the molecule is C=CCOC(C)C(=O)Nc1cc(S(=O)(=O)N(CC)CC)ccc1N1CCCCC1. The van der Waals surface area contributed by atoms with Crippen molar-refractivity contribution in [3.05, 3.63) is 30.9 Å². The molecule has 1 aromatic carbocycles. The molecule has 1 aliphatic heterocycles. The lowest BCUT2D eigenvalue weighted by molar-refractivity contribution is -0.125. The summed E-state index contributed by atoms with van der Waals surface area (Å²) in [5.41, 5.74) is 1.34. The Bertz CT molecular complexity index is 800. The fourth-order valence-corrected chi connectivity index (χ4v) is 4.91. The quantitative estimate of drug-likeness (QED) is 0.585. The van der Waals surface area contributed by atoms with Crippen molar-refractivity contribution in [2.24, 2.45) is 0 Å². The Kier molecular flexibility index (Phi) is 8.67. The minimum absolute atomic E-state index is 0.178. The Hall–Kier alpha value is -1.90. The van der Waals surface area contributed by atoms with Gasteiger partial charge in [-0.2, -0.15) is 4.31 Å². The number of anilines is 2. The number of carbonyl (C=O) groups excluding carboxylic acids is 1. The first kappa shape index (κ1) is 23.4. The van der Waals surface area contributed by atoms with E-state index >= 15 is 0 Å². The molecule has 0 aliphatic carbocycles. The molecule has 1 aromatic rings. The van der Waals surface area contributed by atoms with Crippen LogP contribution in [0.5, 0.6) is 0 Å². The van der Waals surface area contributed by atoms with Gasteiger partial charge in [-0.15, -0.1) is 6.58 Å². The van der Waals surface area contributed by atoms with E-state index in [-0.39, 0.29) is 17.4 Å². The first-order valence-corrected chi connectivity index (χ1v) is 11.7. The van der Waals surface area contributed by atoms with Crippen molar-refractivity contribution in [2.45, 2.75) is 51.0 Å². The highest BCUT2D eigenvalue weighted by Gasteiger charge is 2.25. The fraction of sp³-hybridized carbons (Fsp3) is 0.571. The normalized spacial score (nSPS) is 15.9. The van der Waals surface area contributed by atoms with Crippen LogP contribution in [0, 0.1) is 0 Å². The minimum atomic E-state index is -3.62. The standard InChI is InChI=1S/C21H33N3O4S/c1-5-15-28-17(4)21(25)22-19-16-18(29(26,27)24(6-2)7-3)11-12-20(19)23-13-9-8-10-14-23/h5,11-12,16-17H,1,6-10,13-15H2,2-4H3,(H,22,25). The summed E-state index contributed by atoms with van der Waals surface area (Å²) in [5, 5.41) is 2.88. The highest BCUT2D eigenvalue weighted by molar-refractivity contribution is 7.89. The predicted molar refractivity (Wildman–Crippen MR) is 117 cm³/mol. The van der Waals surface area contributed by atoms with E-state index in [0.717, 1.165) is 31.6 Å². The second-order valence-electron chi connectivity index (χ2n) is 7.07. The van der Waals surface area contributed by atoms with Crippen molar-refractivity contribution in [3.8, 4) is 0 Å². The van der Waals surface area contributed by atoms with Gasteiger partial charge in [0.15, 0.2) is 0 Å². The van der Waals surface area contributed by atoms with Crippen LogP contribution >= 0.6 is 0 Å². The highest BCUT2D eigenvalue weighted by Crippen LogP contribution is 2.32. The van der Waals surface area contributed by atoms with Crippen molar-refractivity contribution >= 4 is 27.3 Å². The third kappa shape index (κ3) is 5.81. The van der Waals surface area contributed by atoms with Crippen molar-refractivity contribution in [2.75, 3.05) is 43.0 Å². The number of piperidine rings is 1. The van der Waals surface area contributed by atoms with Gasteiger partial charge >= 0.3 is 0 Å². The van der Waals surface area contributed by atoms with Gasteiger partial charge in [0, 0.05) is 26.2 Å². The van der Waals surface area contributed by atoms with Gasteiger partial charge in [-0.3, -0.25) is 4.79 Å². The third-order valence-corrected chi connectivity index (χ3v) is 7.15. The van der Waals surface area contributed by atoms with Gasteiger partial charge < -0.3 is 15.0 Å². The second kappa shape index (κ2) is 10.8. The smallest absolute Gasteiger partial charge is 0.253 e. The van der Waals surface area contributed by atoms with E-state index in [0.29, 0.717) is 18.8 Å². The van der Waals surface area contributed by atoms with Crippen molar-refractivity contribution in [1.29, 1.82) is 0 Å². The zero-order valence-corrected chi connectivity index (χ0v) is 18.5. The highest BCUT2D eigenvalue weighted by atomic mass is 32.2. The van der Waals surface area contributed by atoms with Gasteiger partial charge in [0.1, 0.15) is 6.10 Å². The summed E-state index contributed by atoms with van der Waals surface area (Å²) in [4.78, 5) is 15.0. The minimum Gasteiger partial charge on any atom is -0.370 e. The first-order chi connectivity index (χ1) is 13.8. The van der Waals surface area contributed by atoms with Gasteiger partial charge in [-0.1, -0.05) is 19.9 Å². The number of carbonyl (C=O) groups is 1. The van der Waals surface area contributed by atoms with Crippen molar-refractivity contribution < 1.29 is 17.9 Å². The average Bonchev–Trinajstić information content (AvgIpc) is 2.73. The number of nitrogens with zero attached hydrogens (tertiary/aromatic N) is 2. The Morgan fingerprint density at radius 2 is 1.93 bits per heavy atom. The number of hydrogen-bond acceptors (Lipinski definition) is 5. The van der Waals surface area contributed by atoms with Crippen LogP contribution in [0.1, 0.15) is 40.0 Å². The molecule has 0 bridgehead atoms. The zero-order chi connectivity index (χ0) is 21.4. The predicted octanol–water partition coefficient (Wildman–Crippen LogP) is 3.24. The maximum absolute atomic E-state index is 13.0. The monoisotopic (exact) mass is 423 g/mol. The van der Waals surface area contributed by atoms with Gasteiger partial charge in [0.25, 0.3) is 5.91 Å². The van der Waals surface area contributed by atoms with E-state index in [1.165, 1.54) is 10.7 Å². The molecule has 0 radical (unpaired) electrons. The summed E-state index contributed by atoms with van der Waals surface area (Å²) in [6, 6.07) is 4.99. The van der Waals surface area contributed by atoms with E-state index < -0.39 is 16.1 Å². The Morgan fingerprint density at radius 1 is 1.28 bits per heavy atom. The Labute approximate surface area is 174 Å². The number of nitrogens with one attached hydrogen (secondary N) is 1. The van der Waals surface area contributed by atoms with Crippen LogP contribution in [0.3, 0.4) is 0 Å². The lowest BCUT2D eigenvalue weighted by Crippen LogP contribution is -2.33. The van der Waals surface area contributed by atoms with Gasteiger partial charge in [-0.05, 0) is 44.4 Å². The summed E-state index contributed by atoms with van der Waals surface area (Å²) in [6.45, 7) is 11.7. The van der Waals surface area contributed by atoms with Crippen molar-refractivity contribution in [3.63, 3.8) is 0 Å². The van der Waals surface area contributed by atoms with Crippen LogP contribution in [-0.2, 0) is 19.6 Å². The van der Waals surface area contributed by atoms with Crippen LogP contribution in [0.2, 0.25) is 0 Å². The van der Waals surface area contributed by atoms with Gasteiger partial charge in [0.05, 0.1) is 22.9 Å². The molecule has 0 aromatic heterocycles. The summed E-state index contributed by atoms with van der Waals surface area (Å²) >= 11 is 0. The molecule has 8 heteroatoms. The molecule has 7 nitrogen and oxygen atoms in total. The molecule has 1 amide bonds. The molecule has 1 atom stereocenters. The molecule has 2 rings (SSSR count). The maximum Gasteiger partial charge on any atom is 0.253 e. The van der Waals surface area contributed by atoms with Gasteiger partial charge in [0.2, 0.25) is 10.0 Å². The maximum atomic E-state index is 13.0. The molecule has 1 N–H and O–H groups in total. The van der Waals surface area contributed by atoms with Gasteiger partial charge in [-0.25, -0.2) is 8.42 Å². The summed E-state index contributed by atoms with van der Waals surface area (Å²) in [6.07, 6.45) is 4.24. The van der Waals surface area contributed by atoms with E-state index in [2.05, 4.69) is 16.8 Å². The lowest BCUT2D eigenvalue weighted by Gasteiger charge is -2.31. The number of benzene rings is 1. The number of amides is 1. The molecule has 1 unspecified atom stereocenters. The molecule has 0 saturated carbocycles. The molecule has 1 aliphatic rings. The topological polar surface area (TPSA) is 78.9 Å². The van der Waals surface area contributed by atoms with E-state index in [1.54, 1.807) is 31.2 Å². The first-order valence-electron chi connectivity index (χ1n) is 10.3. The van der Waals surface area contributed by atoms with Crippen LogP contribution in [0.4, 0.5) is 11.4 Å². The average molecular weight is 424 g/mol. The molecule has 162 valence electrons. The lowest BCUT2D eigenvalue weighted by atomic mass is 10.1. The van der Waals surface area contributed by atoms with Crippen LogP contribution in [0.15, 0.2) is 35.7 Å². The molecule has 1 heterocycles. The number of hydrogen-bond donors (Lipinski definition) is 1. The van der Waals surface area contributed by atoms with Crippen LogP contribution in [-0.4, -0.2) is 57.5 Å². The van der Waals surface area contributed by atoms with E-state index in [9.17, 15) is 13.2 Å². The summed E-state index contributed by atoms with van der Waals surface area (Å²) in [7, 11) is -3.62. The van der Waals surface area contributed by atoms with Crippen molar-refractivity contribution in [1.82, 2.24) is 4.31 Å². The summed E-state index contributed by atoms with van der Waals surface area (Å²) in [5.74, 6) is -0.317. The Morgan fingerprint density at radius 3 is 2.52 bits per heavy atom. The fourth-order valence-electron chi connectivity index (χ4n) is 3.42. The zero-order valence-electron chi connectivity index (χ0n) is 17.7. The largest absolute Gasteiger partial charge is 0.370 e. The molecule has 1 saturated heterocycles. The molecular formula is C21H33N3O4S. The second-order valence-corrected chi connectivity index (χ2v) is 9.01. The third-order valence-electron chi connectivity index (χ3n) is 5.10. The summed E-state index contributed by atoms with van der Waals surface area (Å²) < 4.78 is 32.7.